The van der Waals surface area contributed by atoms with Crippen LogP contribution in [0.4, 0.5) is 11.4 Å². The summed E-state index contributed by atoms with van der Waals surface area (Å²) in [6, 6.07) is 8.42. The SMILES string of the molecule is CCN1c2ccccc2N=C2C=CC(N)=CC21. The Morgan fingerprint density at radius 2 is 2.12 bits per heavy atom. The molecule has 0 amide bonds. The van der Waals surface area contributed by atoms with E-state index in [4.69, 9.17) is 5.73 Å². The summed E-state index contributed by atoms with van der Waals surface area (Å²) in [7, 11) is 0. The van der Waals surface area contributed by atoms with Gasteiger partial charge in [-0.2, -0.15) is 0 Å². The Hall–Kier alpha value is -2.03. The highest BCUT2D eigenvalue weighted by Crippen LogP contribution is 2.35. The number of hydrogen-bond acceptors (Lipinski definition) is 3. The van der Waals surface area contributed by atoms with Crippen LogP contribution < -0.4 is 10.6 Å². The lowest BCUT2D eigenvalue weighted by atomic mass is 9.99. The molecule has 0 bridgehead atoms. The Morgan fingerprint density at radius 1 is 1.29 bits per heavy atom. The lowest BCUT2D eigenvalue weighted by Gasteiger charge is -2.36. The first-order valence-electron chi connectivity index (χ1n) is 5.89. The van der Waals surface area contributed by atoms with Crippen LogP contribution in [0, 0.1) is 0 Å². The number of nitrogens with zero attached hydrogens (tertiary/aromatic N) is 2. The average Bonchev–Trinajstić information content (AvgIpc) is 2.36. The monoisotopic (exact) mass is 225 g/mol. The summed E-state index contributed by atoms with van der Waals surface area (Å²) in [5.74, 6) is 0. The number of rotatable bonds is 1. The van der Waals surface area contributed by atoms with Crippen LogP contribution in [0.15, 0.2) is 53.2 Å². The molecule has 0 saturated heterocycles. The van der Waals surface area contributed by atoms with E-state index >= 15 is 0 Å². The summed E-state index contributed by atoms with van der Waals surface area (Å²) in [6.07, 6.45) is 5.99. The van der Waals surface area contributed by atoms with Crippen molar-refractivity contribution in [2.75, 3.05) is 11.4 Å². The maximum Gasteiger partial charge on any atom is 0.0920 e. The van der Waals surface area contributed by atoms with E-state index in [0.717, 1.165) is 23.6 Å². The quantitative estimate of drug-likeness (QED) is 0.797. The van der Waals surface area contributed by atoms with Crippen molar-refractivity contribution in [1.29, 1.82) is 0 Å². The van der Waals surface area contributed by atoms with Gasteiger partial charge in [-0.25, -0.2) is 4.99 Å². The predicted molar refractivity (Wildman–Crippen MR) is 71.8 cm³/mol. The van der Waals surface area contributed by atoms with Crippen molar-refractivity contribution in [2.24, 2.45) is 10.7 Å². The zero-order valence-corrected chi connectivity index (χ0v) is 9.80. The third-order valence-electron chi connectivity index (χ3n) is 3.22. The topological polar surface area (TPSA) is 41.6 Å². The third kappa shape index (κ3) is 1.55. The molecule has 3 nitrogen and oxygen atoms in total. The zero-order chi connectivity index (χ0) is 11.8. The van der Waals surface area contributed by atoms with Crippen molar-refractivity contribution in [3.05, 3.63) is 48.2 Å². The molecule has 0 spiro atoms. The van der Waals surface area contributed by atoms with Crippen molar-refractivity contribution in [3.8, 4) is 0 Å². The molecule has 3 heteroatoms. The van der Waals surface area contributed by atoms with E-state index < -0.39 is 0 Å². The van der Waals surface area contributed by atoms with Gasteiger partial charge in [-0.3, -0.25) is 0 Å². The van der Waals surface area contributed by atoms with Crippen LogP contribution in [-0.4, -0.2) is 18.3 Å². The van der Waals surface area contributed by atoms with Gasteiger partial charge in [-0.1, -0.05) is 12.1 Å². The van der Waals surface area contributed by atoms with Crippen LogP contribution in [0.5, 0.6) is 0 Å². The highest BCUT2D eigenvalue weighted by Gasteiger charge is 2.27. The first kappa shape index (κ1) is 10.1. The fourth-order valence-corrected chi connectivity index (χ4v) is 2.41. The number of nitrogens with two attached hydrogens (primary N) is 1. The molecule has 1 unspecified atom stereocenters. The Kier molecular flexibility index (Phi) is 2.25. The number of benzene rings is 1. The Balaban J connectivity index is 2.16. The van der Waals surface area contributed by atoms with Gasteiger partial charge in [0.25, 0.3) is 0 Å². The van der Waals surface area contributed by atoms with Crippen LogP contribution >= 0.6 is 0 Å². The first-order valence-corrected chi connectivity index (χ1v) is 5.89. The second kappa shape index (κ2) is 3.77. The van der Waals surface area contributed by atoms with Crippen LogP contribution in [-0.2, 0) is 0 Å². The van der Waals surface area contributed by atoms with Crippen LogP contribution in [0.3, 0.4) is 0 Å². The Labute approximate surface area is 101 Å². The molecule has 1 aliphatic heterocycles. The molecule has 1 heterocycles. The molecule has 1 aliphatic carbocycles. The predicted octanol–water partition coefficient (Wildman–Crippen LogP) is 2.38. The zero-order valence-electron chi connectivity index (χ0n) is 9.80. The number of allylic oxidation sites excluding steroid dienone is 1. The minimum atomic E-state index is 0.180. The van der Waals surface area contributed by atoms with Gasteiger partial charge in [-0.15, -0.1) is 0 Å². The van der Waals surface area contributed by atoms with E-state index in [-0.39, 0.29) is 6.04 Å². The smallest absolute Gasteiger partial charge is 0.0920 e. The Bertz CT molecular complexity index is 540. The van der Waals surface area contributed by atoms with Gasteiger partial charge in [0.2, 0.25) is 0 Å². The summed E-state index contributed by atoms with van der Waals surface area (Å²) in [4.78, 5) is 7.02. The molecule has 0 aromatic heterocycles. The minimum Gasteiger partial charge on any atom is -0.399 e. The van der Waals surface area contributed by atoms with Crippen LogP contribution in [0.25, 0.3) is 0 Å². The minimum absolute atomic E-state index is 0.180. The van der Waals surface area contributed by atoms with Crippen LogP contribution in [0.1, 0.15) is 6.92 Å². The number of aliphatic imine (C=N–C) groups is 1. The second-order valence-corrected chi connectivity index (χ2v) is 4.26. The van der Waals surface area contributed by atoms with Gasteiger partial charge in [-0.05, 0) is 37.3 Å². The van der Waals surface area contributed by atoms with Gasteiger partial charge in [0.1, 0.15) is 0 Å². The van der Waals surface area contributed by atoms with E-state index in [1.54, 1.807) is 0 Å². The number of anilines is 1. The second-order valence-electron chi connectivity index (χ2n) is 4.26. The molecule has 86 valence electrons. The number of likely N-dealkylation sites (N-methyl/N-ethyl adjacent to an activating group) is 1. The van der Waals surface area contributed by atoms with Gasteiger partial charge in [0.05, 0.1) is 23.1 Å². The molecule has 1 aromatic rings. The maximum atomic E-state index is 5.87. The summed E-state index contributed by atoms with van der Waals surface area (Å²) in [6.45, 7) is 3.10. The molecule has 3 rings (SSSR count). The maximum absolute atomic E-state index is 5.87. The number of hydrogen-bond donors (Lipinski definition) is 1. The number of para-hydroxylation sites is 2. The molecular formula is C14H15N3. The fraction of sp³-hybridized carbons (Fsp3) is 0.214. The van der Waals surface area contributed by atoms with Gasteiger partial charge in [0, 0.05) is 12.2 Å². The van der Waals surface area contributed by atoms with Gasteiger partial charge in [0.15, 0.2) is 0 Å². The van der Waals surface area contributed by atoms with E-state index in [2.05, 4.69) is 35.0 Å². The van der Waals surface area contributed by atoms with Gasteiger partial charge >= 0.3 is 0 Å². The standard InChI is InChI=1S/C14H15N3/c1-2-17-13-6-4-3-5-11(13)16-12-8-7-10(15)9-14(12)17/h3-9,14H,2,15H2,1H3. The van der Waals surface area contributed by atoms with Crippen molar-refractivity contribution < 1.29 is 0 Å². The highest BCUT2D eigenvalue weighted by molar-refractivity contribution is 6.08. The van der Waals surface area contributed by atoms with Crippen LogP contribution in [0.2, 0.25) is 0 Å². The average molecular weight is 225 g/mol. The molecule has 2 aliphatic rings. The molecular weight excluding hydrogens is 210 g/mol. The van der Waals surface area contributed by atoms with Crippen molar-refractivity contribution in [1.82, 2.24) is 0 Å². The summed E-state index contributed by atoms with van der Waals surface area (Å²) < 4.78 is 0. The summed E-state index contributed by atoms with van der Waals surface area (Å²) in [5, 5.41) is 0. The van der Waals surface area contributed by atoms with Crippen molar-refractivity contribution in [2.45, 2.75) is 13.0 Å². The van der Waals surface area contributed by atoms with E-state index in [0.29, 0.717) is 0 Å². The van der Waals surface area contributed by atoms with E-state index in [1.165, 1.54) is 5.69 Å². The lowest BCUT2D eigenvalue weighted by Crippen LogP contribution is -2.42. The van der Waals surface area contributed by atoms with Crippen molar-refractivity contribution >= 4 is 17.1 Å². The first-order chi connectivity index (χ1) is 8.29. The lowest BCUT2D eigenvalue weighted by molar-refractivity contribution is 0.821. The highest BCUT2D eigenvalue weighted by atomic mass is 15.2. The summed E-state index contributed by atoms with van der Waals surface area (Å²) >= 11 is 0. The molecule has 0 fully saturated rings. The Morgan fingerprint density at radius 3 is 2.94 bits per heavy atom. The van der Waals surface area contributed by atoms with E-state index in [9.17, 15) is 0 Å². The largest absolute Gasteiger partial charge is 0.399 e. The molecule has 2 N–H and O–H groups in total. The fourth-order valence-electron chi connectivity index (χ4n) is 2.41. The molecule has 17 heavy (non-hydrogen) atoms. The molecule has 1 aromatic carbocycles. The normalized spacial score (nSPS) is 21.5. The molecule has 1 atom stereocenters. The van der Waals surface area contributed by atoms with Gasteiger partial charge < -0.3 is 10.6 Å². The number of fused-ring (bicyclic) bond motifs is 2. The summed E-state index contributed by atoms with van der Waals surface area (Å²) in [5.41, 5.74) is 9.98. The molecule has 0 saturated carbocycles. The third-order valence-corrected chi connectivity index (χ3v) is 3.22. The molecule has 0 radical (unpaired) electrons. The van der Waals surface area contributed by atoms with Crippen molar-refractivity contribution in [3.63, 3.8) is 0 Å². The van der Waals surface area contributed by atoms with E-state index in [1.807, 2.05) is 24.3 Å².